The topological polar surface area (TPSA) is 89.3 Å². The van der Waals surface area contributed by atoms with Crippen LogP contribution in [-0.2, 0) is 16.1 Å². The predicted molar refractivity (Wildman–Crippen MR) is 55.9 cm³/mol. The fraction of sp³-hybridized carbons (Fsp3) is 0.667. The molecular weight excluding hydrogens is 212 g/mol. The number of nitrogens with one attached hydrogen (secondary N) is 1. The minimum Gasteiger partial charge on any atom is -0.480 e. The molecule has 0 aliphatic carbocycles. The fourth-order valence-corrected chi connectivity index (χ4v) is 1.25. The summed E-state index contributed by atoms with van der Waals surface area (Å²) in [6.45, 7) is 1.48. The second-order valence-corrected chi connectivity index (χ2v) is 3.32. The summed E-state index contributed by atoms with van der Waals surface area (Å²) in [7, 11) is 1.48. The number of carboxylic acid groups (broad SMARTS) is 1. The van der Waals surface area contributed by atoms with Crippen LogP contribution in [0.3, 0.4) is 0 Å². The summed E-state index contributed by atoms with van der Waals surface area (Å²) in [4.78, 5) is 10.7. The Morgan fingerprint density at radius 2 is 2.50 bits per heavy atom. The third-order valence-corrected chi connectivity index (χ3v) is 2.06. The normalized spacial score (nSPS) is 12.6. The van der Waals surface area contributed by atoms with Crippen molar-refractivity contribution < 1.29 is 14.6 Å². The number of aliphatic carboxylic acids is 1. The molecule has 0 bridgehead atoms. The third-order valence-electron chi connectivity index (χ3n) is 2.06. The molecule has 1 heterocycles. The number of ether oxygens (including phenoxy) is 1. The van der Waals surface area contributed by atoms with E-state index in [2.05, 4.69) is 15.6 Å². The summed E-state index contributed by atoms with van der Waals surface area (Å²) in [5.74, 6) is -0.900. The molecule has 90 valence electrons. The van der Waals surface area contributed by atoms with E-state index in [1.165, 1.54) is 7.11 Å². The van der Waals surface area contributed by atoms with E-state index < -0.39 is 12.0 Å². The van der Waals surface area contributed by atoms with Gasteiger partial charge < -0.3 is 15.2 Å². The molecule has 7 heteroatoms. The molecule has 16 heavy (non-hydrogen) atoms. The van der Waals surface area contributed by atoms with Crippen molar-refractivity contribution in [2.45, 2.75) is 19.0 Å². The van der Waals surface area contributed by atoms with Crippen LogP contribution >= 0.6 is 0 Å². The van der Waals surface area contributed by atoms with Crippen molar-refractivity contribution in [3.05, 3.63) is 12.4 Å². The van der Waals surface area contributed by atoms with Crippen LogP contribution in [0.25, 0.3) is 0 Å². The van der Waals surface area contributed by atoms with E-state index in [9.17, 15) is 4.79 Å². The van der Waals surface area contributed by atoms with Crippen molar-refractivity contribution in [1.82, 2.24) is 20.3 Å². The lowest BCUT2D eigenvalue weighted by atomic mass is 10.3. The minimum absolute atomic E-state index is 0.165. The van der Waals surface area contributed by atoms with E-state index in [1.54, 1.807) is 17.1 Å². The van der Waals surface area contributed by atoms with Crippen molar-refractivity contribution in [2.75, 3.05) is 20.3 Å². The highest BCUT2D eigenvalue weighted by atomic mass is 16.5. The van der Waals surface area contributed by atoms with Crippen molar-refractivity contribution in [3.8, 4) is 0 Å². The first-order valence-electron chi connectivity index (χ1n) is 5.03. The smallest absolute Gasteiger partial charge is 0.323 e. The molecule has 7 nitrogen and oxygen atoms in total. The summed E-state index contributed by atoms with van der Waals surface area (Å²) in [5, 5.41) is 19.2. The molecule has 2 N–H and O–H groups in total. The van der Waals surface area contributed by atoms with E-state index in [-0.39, 0.29) is 6.61 Å². The average Bonchev–Trinajstić information content (AvgIpc) is 2.75. The van der Waals surface area contributed by atoms with Crippen LogP contribution in [-0.4, -0.2) is 52.4 Å². The van der Waals surface area contributed by atoms with Crippen LogP contribution < -0.4 is 5.32 Å². The van der Waals surface area contributed by atoms with Crippen molar-refractivity contribution in [1.29, 1.82) is 0 Å². The Morgan fingerprint density at radius 1 is 1.69 bits per heavy atom. The van der Waals surface area contributed by atoms with Crippen LogP contribution in [0, 0.1) is 0 Å². The Balaban J connectivity index is 2.15. The molecular formula is C9H16N4O3. The molecule has 0 aliphatic rings. The van der Waals surface area contributed by atoms with Gasteiger partial charge >= 0.3 is 5.97 Å². The highest BCUT2D eigenvalue weighted by molar-refractivity contribution is 5.73. The summed E-state index contributed by atoms with van der Waals surface area (Å²) < 4.78 is 6.50. The molecule has 1 aromatic rings. The molecule has 0 aromatic carbocycles. The van der Waals surface area contributed by atoms with E-state index in [0.717, 1.165) is 6.42 Å². The summed E-state index contributed by atoms with van der Waals surface area (Å²) in [6, 6.07) is -0.652. The second-order valence-electron chi connectivity index (χ2n) is 3.32. The Labute approximate surface area is 93.4 Å². The molecule has 1 rings (SSSR count). The van der Waals surface area contributed by atoms with Gasteiger partial charge in [-0.2, -0.15) is 0 Å². The third kappa shape index (κ3) is 4.37. The number of hydrogen-bond donors (Lipinski definition) is 2. The standard InChI is InChI=1S/C9H16N4O3/c1-16-7-8(9(14)15)10-3-2-5-13-6-4-11-12-13/h4,6,8,10H,2-3,5,7H2,1H3,(H,14,15). The Hall–Kier alpha value is -1.47. The largest absolute Gasteiger partial charge is 0.480 e. The van der Waals surface area contributed by atoms with Gasteiger partial charge in [0.25, 0.3) is 0 Å². The van der Waals surface area contributed by atoms with Crippen LogP contribution in [0.1, 0.15) is 6.42 Å². The number of aromatic nitrogens is 3. The SMILES string of the molecule is COCC(NCCCn1ccnn1)C(=O)O. The average molecular weight is 228 g/mol. The van der Waals surface area contributed by atoms with Gasteiger partial charge in [-0.05, 0) is 13.0 Å². The lowest BCUT2D eigenvalue weighted by Crippen LogP contribution is -2.41. The van der Waals surface area contributed by atoms with Crippen LogP contribution in [0.4, 0.5) is 0 Å². The van der Waals surface area contributed by atoms with Crippen molar-refractivity contribution >= 4 is 5.97 Å². The molecule has 0 spiro atoms. The first kappa shape index (κ1) is 12.6. The van der Waals surface area contributed by atoms with Crippen LogP contribution in [0.2, 0.25) is 0 Å². The number of nitrogens with zero attached hydrogens (tertiary/aromatic N) is 3. The molecule has 0 aliphatic heterocycles. The summed E-state index contributed by atoms with van der Waals surface area (Å²) in [5.41, 5.74) is 0. The highest BCUT2D eigenvalue weighted by Gasteiger charge is 2.15. The van der Waals surface area contributed by atoms with E-state index in [4.69, 9.17) is 9.84 Å². The van der Waals surface area contributed by atoms with Gasteiger partial charge in [0, 0.05) is 19.9 Å². The maximum atomic E-state index is 10.7. The number of methoxy groups -OCH3 is 1. The maximum Gasteiger partial charge on any atom is 0.323 e. The second kappa shape index (κ2) is 6.91. The van der Waals surface area contributed by atoms with E-state index in [0.29, 0.717) is 13.1 Å². The monoisotopic (exact) mass is 228 g/mol. The molecule has 0 saturated carbocycles. The number of aryl methyl sites for hydroxylation is 1. The van der Waals surface area contributed by atoms with Gasteiger partial charge in [0.1, 0.15) is 6.04 Å². The van der Waals surface area contributed by atoms with Gasteiger partial charge in [-0.15, -0.1) is 5.10 Å². The number of carbonyl (C=O) groups is 1. The zero-order valence-electron chi connectivity index (χ0n) is 9.17. The van der Waals surface area contributed by atoms with Gasteiger partial charge in [-0.1, -0.05) is 5.21 Å². The zero-order valence-corrected chi connectivity index (χ0v) is 9.17. The molecule has 1 unspecified atom stereocenters. The number of hydrogen-bond acceptors (Lipinski definition) is 5. The molecule has 0 saturated heterocycles. The maximum absolute atomic E-state index is 10.7. The Bertz CT molecular complexity index is 302. The molecule has 0 fully saturated rings. The van der Waals surface area contributed by atoms with Gasteiger partial charge in [0.2, 0.25) is 0 Å². The summed E-state index contributed by atoms with van der Waals surface area (Å²) in [6.07, 6.45) is 4.17. The first-order valence-corrected chi connectivity index (χ1v) is 5.03. The lowest BCUT2D eigenvalue weighted by Gasteiger charge is -2.12. The van der Waals surface area contributed by atoms with Gasteiger partial charge in [0.05, 0.1) is 12.8 Å². The predicted octanol–water partition coefficient (Wildman–Crippen LogP) is -0.643. The Kier molecular flexibility index (Phi) is 5.44. The van der Waals surface area contributed by atoms with Crippen LogP contribution in [0.5, 0.6) is 0 Å². The molecule has 0 radical (unpaired) electrons. The van der Waals surface area contributed by atoms with Crippen molar-refractivity contribution in [3.63, 3.8) is 0 Å². The highest BCUT2D eigenvalue weighted by Crippen LogP contribution is 1.89. The van der Waals surface area contributed by atoms with E-state index >= 15 is 0 Å². The zero-order chi connectivity index (χ0) is 11.8. The lowest BCUT2D eigenvalue weighted by molar-refractivity contribution is -0.140. The van der Waals surface area contributed by atoms with Gasteiger partial charge in [-0.3, -0.25) is 9.48 Å². The van der Waals surface area contributed by atoms with Gasteiger partial charge in [-0.25, -0.2) is 0 Å². The number of carboxylic acids is 1. The van der Waals surface area contributed by atoms with Gasteiger partial charge in [0.15, 0.2) is 0 Å². The minimum atomic E-state index is -0.900. The number of rotatable bonds is 8. The Morgan fingerprint density at radius 3 is 3.06 bits per heavy atom. The molecule has 1 atom stereocenters. The van der Waals surface area contributed by atoms with Crippen molar-refractivity contribution in [2.24, 2.45) is 0 Å². The molecule has 0 amide bonds. The van der Waals surface area contributed by atoms with E-state index in [1.807, 2.05) is 0 Å². The molecule has 1 aromatic heterocycles. The first-order chi connectivity index (χ1) is 7.74. The fourth-order valence-electron chi connectivity index (χ4n) is 1.25. The van der Waals surface area contributed by atoms with Crippen LogP contribution in [0.15, 0.2) is 12.4 Å². The quantitative estimate of drug-likeness (QED) is 0.575. The summed E-state index contributed by atoms with van der Waals surface area (Å²) >= 11 is 0.